The van der Waals surface area contributed by atoms with Crippen molar-refractivity contribution in [2.75, 3.05) is 45.2 Å². The number of carbonyl (C=O) groups is 1. The number of rotatable bonds is 7. The molecule has 12 heteroatoms. The number of piperazine rings is 1. The van der Waals surface area contributed by atoms with Gasteiger partial charge >= 0.3 is 0 Å². The van der Waals surface area contributed by atoms with Crippen LogP contribution in [-0.4, -0.2) is 77.9 Å². The number of hydrogen-bond donors (Lipinski definition) is 1. The Morgan fingerprint density at radius 3 is 2.44 bits per heavy atom. The number of hydrogen-bond acceptors (Lipinski definition) is 8. The number of carbonyl (C=O) groups excluding carboxylic acids is 1. The molecule has 1 N–H and O–H groups in total. The topological polar surface area (TPSA) is 110 Å². The van der Waals surface area contributed by atoms with E-state index in [-0.39, 0.29) is 28.3 Å². The minimum atomic E-state index is -3.93. The van der Waals surface area contributed by atoms with Gasteiger partial charge in [0.25, 0.3) is 15.9 Å². The fourth-order valence-corrected chi connectivity index (χ4v) is 5.87. The van der Waals surface area contributed by atoms with Gasteiger partial charge in [-0.15, -0.1) is 0 Å². The third-order valence-corrected chi connectivity index (χ3v) is 8.58. The highest BCUT2D eigenvalue weighted by Gasteiger charge is 2.24. The van der Waals surface area contributed by atoms with Gasteiger partial charge in [0.15, 0.2) is 5.65 Å². The highest BCUT2D eigenvalue weighted by atomic mass is 35.5. The fourth-order valence-electron chi connectivity index (χ4n) is 4.35. The minimum Gasteiger partial charge on any atom is -0.477 e. The normalized spacial score (nSPS) is 14.5. The zero-order chi connectivity index (χ0) is 27.7. The van der Waals surface area contributed by atoms with E-state index in [1.54, 1.807) is 48.5 Å². The Bertz CT molecular complexity index is 1630. The predicted octanol–water partition coefficient (Wildman–Crippen LogP) is 4.16. The molecule has 0 bridgehead atoms. The number of nitrogens with zero attached hydrogens (tertiary/aromatic N) is 5. The number of anilines is 2. The first-order valence-electron chi connectivity index (χ1n) is 12.6. The first kappa shape index (κ1) is 26.9. The van der Waals surface area contributed by atoms with E-state index in [0.717, 1.165) is 22.6 Å². The number of nitrogens with one attached hydrogen (secondary N) is 1. The number of halogens is 1. The Kier molecular flexibility index (Phi) is 7.48. The maximum absolute atomic E-state index is 13.4. The van der Waals surface area contributed by atoms with Crippen LogP contribution in [0.1, 0.15) is 22.8 Å². The molecule has 4 aromatic rings. The van der Waals surface area contributed by atoms with Crippen molar-refractivity contribution in [2.24, 2.45) is 0 Å². The molecule has 39 heavy (non-hydrogen) atoms. The van der Waals surface area contributed by atoms with Crippen LogP contribution in [-0.2, 0) is 10.0 Å². The van der Waals surface area contributed by atoms with Crippen LogP contribution in [0.3, 0.4) is 0 Å². The lowest BCUT2D eigenvalue weighted by molar-refractivity contribution is 0.0664. The molecule has 0 aliphatic carbocycles. The van der Waals surface area contributed by atoms with E-state index in [1.165, 1.54) is 6.20 Å². The number of ether oxygens (including phenoxy) is 1. The van der Waals surface area contributed by atoms with Crippen molar-refractivity contribution in [3.63, 3.8) is 0 Å². The van der Waals surface area contributed by atoms with Crippen molar-refractivity contribution in [1.29, 1.82) is 0 Å². The van der Waals surface area contributed by atoms with Crippen LogP contribution in [0.5, 0.6) is 5.88 Å². The average Bonchev–Trinajstić information content (AvgIpc) is 3.35. The van der Waals surface area contributed by atoms with E-state index in [0.29, 0.717) is 41.4 Å². The number of aromatic nitrogens is 3. The first-order chi connectivity index (χ1) is 18.7. The molecule has 0 unspecified atom stereocenters. The fraction of sp³-hybridized carbons (Fsp3) is 0.296. The van der Waals surface area contributed by atoms with Crippen LogP contribution < -0.4 is 10.1 Å². The summed E-state index contributed by atoms with van der Waals surface area (Å²) in [4.78, 5) is 26.0. The van der Waals surface area contributed by atoms with E-state index in [9.17, 15) is 13.2 Å². The lowest BCUT2D eigenvalue weighted by Gasteiger charge is -2.32. The molecule has 1 aliphatic rings. The molecule has 0 radical (unpaired) electrons. The van der Waals surface area contributed by atoms with Crippen molar-refractivity contribution < 1.29 is 17.9 Å². The summed E-state index contributed by atoms with van der Waals surface area (Å²) >= 11 is 6.55. The van der Waals surface area contributed by atoms with Gasteiger partial charge < -0.3 is 19.9 Å². The molecule has 2 aromatic heterocycles. The maximum Gasteiger partial charge on any atom is 0.269 e. The van der Waals surface area contributed by atoms with Gasteiger partial charge in [0, 0.05) is 37.9 Å². The average molecular weight is 569 g/mol. The Labute approximate surface area is 232 Å². The van der Waals surface area contributed by atoms with Gasteiger partial charge in [-0.05, 0) is 57.3 Å². The van der Waals surface area contributed by atoms with Crippen LogP contribution in [0, 0.1) is 6.92 Å². The summed E-state index contributed by atoms with van der Waals surface area (Å²) in [6.45, 7) is 6.99. The molecule has 0 atom stereocenters. The van der Waals surface area contributed by atoms with Crippen LogP contribution >= 0.6 is 11.6 Å². The summed E-state index contributed by atoms with van der Waals surface area (Å²) in [6.07, 6.45) is 1.44. The molecule has 3 heterocycles. The second kappa shape index (κ2) is 10.8. The Balaban J connectivity index is 1.47. The summed E-state index contributed by atoms with van der Waals surface area (Å²) in [5.41, 5.74) is 2.06. The second-order valence-corrected chi connectivity index (χ2v) is 11.6. The Morgan fingerprint density at radius 2 is 1.77 bits per heavy atom. The molecule has 1 amide bonds. The van der Waals surface area contributed by atoms with E-state index < -0.39 is 10.0 Å². The van der Waals surface area contributed by atoms with Crippen molar-refractivity contribution in [1.82, 2.24) is 23.7 Å². The van der Waals surface area contributed by atoms with Gasteiger partial charge in [-0.1, -0.05) is 29.3 Å². The highest BCUT2D eigenvalue weighted by molar-refractivity contribution is 7.90. The predicted molar refractivity (Wildman–Crippen MR) is 151 cm³/mol. The molecule has 0 spiro atoms. The number of benzene rings is 2. The van der Waals surface area contributed by atoms with Crippen LogP contribution in [0.15, 0.2) is 59.6 Å². The largest absolute Gasteiger partial charge is 0.477 e. The second-order valence-electron chi connectivity index (χ2n) is 9.37. The lowest BCUT2D eigenvalue weighted by atomic mass is 10.1. The van der Waals surface area contributed by atoms with Gasteiger partial charge in [-0.2, -0.15) is 9.97 Å². The summed E-state index contributed by atoms with van der Waals surface area (Å²) in [5, 5.41) is 3.82. The monoisotopic (exact) mass is 568 g/mol. The standard InChI is InChI=1S/C27H29ClN6O4S/c1-4-38-25-21-11-12-34(39(36,37)20-8-5-18(2)6-9-20)24(21)30-27(31-25)29-23-10-7-19(17-22(23)28)26(35)33-15-13-32(3)14-16-33/h5-12,17H,4,13-16H2,1-3H3,(H,29,30,31). The maximum atomic E-state index is 13.4. The molecule has 2 aromatic carbocycles. The summed E-state index contributed by atoms with van der Waals surface area (Å²) in [6, 6.07) is 13.2. The van der Waals surface area contributed by atoms with Crippen molar-refractivity contribution in [3.8, 4) is 5.88 Å². The minimum absolute atomic E-state index is 0.0769. The molecular weight excluding hydrogens is 540 g/mol. The molecule has 1 fully saturated rings. The van der Waals surface area contributed by atoms with Crippen molar-refractivity contribution in [2.45, 2.75) is 18.7 Å². The first-order valence-corrected chi connectivity index (χ1v) is 14.4. The molecule has 5 rings (SSSR count). The van der Waals surface area contributed by atoms with Gasteiger partial charge in [0.1, 0.15) is 0 Å². The number of fused-ring (bicyclic) bond motifs is 1. The Morgan fingerprint density at radius 1 is 1.05 bits per heavy atom. The van der Waals surface area contributed by atoms with Crippen molar-refractivity contribution in [3.05, 3.63) is 70.9 Å². The highest BCUT2D eigenvalue weighted by Crippen LogP contribution is 2.31. The molecular formula is C27H29ClN6O4S. The van der Waals surface area contributed by atoms with Crippen molar-refractivity contribution >= 4 is 50.2 Å². The molecule has 1 saturated heterocycles. The summed E-state index contributed by atoms with van der Waals surface area (Å²) in [7, 11) is -1.89. The van der Waals surface area contributed by atoms with Gasteiger partial charge in [-0.25, -0.2) is 12.4 Å². The van der Waals surface area contributed by atoms with E-state index in [4.69, 9.17) is 16.3 Å². The lowest BCUT2D eigenvalue weighted by Crippen LogP contribution is -2.47. The third-order valence-electron chi connectivity index (χ3n) is 6.59. The number of amides is 1. The number of aryl methyl sites for hydroxylation is 1. The molecule has 204 valence electrons. The van der Waals surface area contributed by atoms with Crippen LogP contribution in [0.25, 0.3) is 11.0 Å². The number of likely N-dealkylation sites (N-methyl/N-ethyl adjacent to an activating group) is 1. The molecule has 1 aliphatic heterocycles. The van der Waals surface area contributed by atoms with E-state index in [1.807, 2.05) is 25.8 Å². The zero-order valence-electron chi connectivity index (χ0n) is 21.9. The smallest absolute Gasteiger partial charge is 0.269 e. The summed E-state index contributed by atoms with van der Waals surface area (Å²) in [5.74, 6) is 0.262. The Hall–Kier alpha value is -3.67. The quantitative estimate of drug-likeness (QED) is 0.354. The zero-order valence-corrected chi connectivity index (χ0v) is 23.5. The van der Waals surface area contributed by atoms with E-state index >= 15 is 0 Å². The van der Waals surface area contributed by atoms with Gasteiger partial charge in [0.2, 0.25) is 11.8 Å². The SMILES string of the molecule is CCOc1nc(Nc2ccc(C(=O)N3CCN(C)CC3)cc2Cl)nc2c1ccn2S(=O)(=O)c1ccc(C)cc1. The van der Waals surface area contributed by atoms with E-state index in [2.05, 4.69) is 20.2 Å². The molecule has 0 saturated carbocycles. The van der Waals surface area contributed by atoms with Crippen LogP contribution in [0.2, 0.25) is 5.02 Å². The third kappa shape index (κ3) is 5.42. The van der Waals surface area contributed by atoms with Crippen LogP contribution in [0.4, 0.5) is 11.6 Å². The summed E-state index contributed by atoms with van der Waals surface area (Å²) < 4.78 is 33.7. The van der Waals surface area contributed by atoms with Gasteiger partial charge in [0.05, 0.1) is 27.6 Å². The van der Waals surface area contributed by atoms with Gasteiger partial charge in [-0.3, -0.25) is 4.79 Å². The molecule has 10 nitrogen and oxygen atoms in total.